The standard InChI is InChI=1S/C13H22N4O7/c1-5(19)16-9-6(17-13(14)15)3-8(12(21)22)24-11(9)10(23-2)7(20)4-18/h3,6-7,9-11,18,20H,4H2,1-2H3,(H,16,19)(H,21,22)(H4,14,15,17)/t6-,7+,9+,10+,11+/m1/s1. The SMILES string of the molecule is CO[C@H]([C@H]1OC(C(=O)O)=C[C@@H](N=C(N)N)[C@@H]1NC(C)=O)[C@@H](O)CO. The number of rotatable bonds is 7. The molecular weight excluding hydrogens is 324 g/mol. The van der Waals surface area contributed by atoms with Gasteiger partial charge < -0.3 is 41.6 Å². The average Bonchev–Trinajstić information content (AvgIpc) is 2.49. The maximum absolute atomic E-state index is 11.5. The van der Waals surface area contributed by atoms with Gasteiger partial charge in [-0.2, -0.15) is 0 Å². The van der Waals surface area contributed by atoms with Crippen LogP contribution in [0.15, 0.2) is 16.8 Å². The minimum Gasteiger partial charge on any atom is -0.478 e. The number of carbonyl (C=O) groups excluding carboxylic acids is 1. The number of nitrogens with two attached hydrogens (primary N) is 2. The normalized spacial score (nSPS) is 25.7. The maximum atomic E-state index is 11.5. The Morgan fingerprint density at radius 2 is 2.12 bits per heavy atom. The van der Waals surface area contributed by atoms with Gasteiger partial charge in [0.1, 0.15) is 12.2 Å². The summed E-state index contributed by atoms with van der Waals surface area (Å²) >= 11 is 0. The average molecular weight is 346 g/mol. The van der Waals surface area contributed by atoms with Crippen LogP contribution in [-0.2, 0) is 19.1 Å². The van der Waals surface area contributed by atoms with E-state index < -0.39 is 54.6 Å². The summed E-state index contributed by atoms with van der Waals surface area (Å²) in [4.78, 5) is 26.6. The molecule has 0 aromatic carbocycles. The van der Waals surface area contributed by atoms with Crippen molar-refractivity contribution in [3.05, 3.63) is 11.8 Å². The summed E-state index contributed by atoms with van der Waals surface area (Å²) in [5, 5.41) is 30.8. The van der Waals surface area contributed by atoms with Gasteiger partial charge in [-0.25, -0.2) is 9.79 Å². The van der Waals surface area contributed by atoms with E-state index >= 15 is 0 Å². The Kier molecular flexibility index (Phi) is 6.95. The Morgan fingerprint density at radius 3 is 2.54 bits per heavy atom. The van der Waals surface area contributed by atoms with Crippen molar-refractivity contribution >= 4 is 17.8 Å². The van der Waals surface area contributed by atoms with Crippen molar-refractivity contribution in [1.29, 1.82) is 0 Å². The Hall–Kier alpha value is -2.37. The van der Waals surface area contributed by atoms with Crippen LogP contribution in [0.2, 0.25) is 0 Å². The van der Waals surface area contributed by atoms with E-state index in [-0.39, 0.29) is 5.96 Å². The van der Waals surface area contributed by atoms with Crippen molar-refractivity contribution in [2.45, 2.75) is 37.3 Å². The van der Waals surface area contributed by atoms with Gasteiger partial charge in [-0.1, -0.05) is 0 Å². The van der Waals surface area contributed by atoms with Crippen LogP contribution < -0.4 is 16.8 Å². The smallest absolute Gasteiger partial charge is 0.370 e. The molecule has 8 N–H and O–H groups in total. The molecule has 0 saturated heterocycles. The predicted molar refractivity (Wildman–Crippen MR) is 81.7 cm³/mol. The van der Waals surface area contributed by atoms with Crippen LogP contribution in [-0.4, -0.2) is 77.3 Å². The molecule has 11 nitrogen and oxygen atoms in total. The van der Waals surface area contributed by atoms with Crippen LogP contribution in [0, 0.1) is 0 Å². The molecule has 1 amide bonds. The molecule has 0 aromatic heterocycles. The molecule has 11 heteroatoms. The van der Waals surface area contributed by atoms with Gasteiger partial charge in [0, 0.05) is 14.0 Å². The van der Waals surface area contributed by atoms with Gasteiger partial charge in [0.15, 0.2) is 12.1 Å². The molecule has 0 fully saturated rings. The predicted octanol–water partition coefficient (Wildman–Crippen LogP) is -3.13. The minimum absolute atomic E-state index is 0.325. The number of nitrogens with one attached hydrogen (secondary N) is 1. The Bertz CT molecular complexity index is 532. The number of amides is 1. The highest BCUT2D eigenvalue weighted by atomic mass is 16.6. The summed E-state index contributed by atoms with van der Waals surface area (Å²) in [6, 6.07) is -1.90. The monoisotopic (exact) mass is 346 g/mol. The van der Waals surface area contributed by atoms with Crippen LogP contribution >= 0.6 is 0 Å². The van der Waals surface area contributed by atoms with E-state index in [1.807, 2.05) is 0 Å². The molecular formula is C13H22N4O7. The molecule has 0 spiro atoms. The lowest BCUT2D eigenvalue weighted by Crippen LogP contribution is -2.60. The molecule has 1 aliphatic rings. The summed E-state index contributed by atoms with van der Waals surface area (Å²) in [6.45, 7) is 0.578. The number of nitrogens with zero attached hydrogens (tertiary/aromatic N) is 1. The number of hydrogen-bond acceptors (Lipinski definition) is 7. The molecule has 0 saturated carbocycles. The quantitative estimate of drug-likeness (QED) is 0.204. The first-order chi connectivity index (χ1) is 11.2. The number of ether oxygens (including phenoxy) is 2. The lowest BCUT2D eigenvalue weighted by atomic mass is 9.92. The number of aliphatic imine (C=N–C) groups is 1. The van der Waals surface area contributed by atoms with E-state index in [1.165, 1.54) is 14.0 Å². The molecule has 0 aromatic rings. The van der Waals surface area contributed by atoms with E-state index in [4.69, 9.17) is 26.0 Å². The van der Waals surface area contributed by atoms with Crippen molar-refractivity contribution in [1.82, 2.24) is 5.32 Å². The fraction of sp³-hybridized carbons (Fsp3) is 0.615. The number of carboxylic acids is 1. The van der Waals surface area contributed by atoms with Crippen molar-refractivity contribution in [3.8, 4) is 0 Å². The first kappa shape index (κ1) is 19.7. The summed E-state index contributed by atoms with van der Waals surface area (Å²) in [6.07, 6.45) is -2.56. The van der Waals surface area contributed by atoms with Crippen LogP contribution in [0.1, 0.15) is 6.92 Å². The molecule has 5 atom stereocenters. The molecule has 0 aliphatic carbocycles. The number of hydrogen-bond donors (Lipinski definition) is 6. The zero-order valence-corrected chi connectivity index (χ0v) is 13.2. The third kappa shape index (κ3) is 4.81. The van der Waals surface area contributed by atoms with Crippen LogP contribution in [0.5, 0.6) is 0 Å². The van der Waals surface area contributed by atoms with Gasteiger partial charge in [-0.15, -0.1) is 0 Å². The first-order valence-corrected chi connectivity index (χ1v) is 7.00. The topological polar surface area (TPSA) is 190 Å². The number of aliphatic hydroxyl groups excluding tert-OH is 2. The Labute approximate surface area is 137 Å². The zero-order valence-electron chi connectivity index (χ0n) is 13.2. The maximum Gasteiger partial charge on any atom is 0.370 e. The van der Waals surface area contributed by atoms with E-state index in [1.54, 1.807) is 0 Å². The number of aliphatic carboxylic acids is 1. The summed E-state index contributed by atoms with van der Waals surface area (Å²) in [7, 11) is 1.24. The van der Waals surface area contributed by atoms with Crippen LogP contribution in [0.4, 0.5) is 0 Å². The second-order valence-electron chi connectivity index (χ2n) is 5.14. The summed E-state index contributed by atoms with van der Waals surface area (Å²) < 4.78 is 10.5. The van der Waals surface area contributed by atoms with E-state index in [0.29, 0.717) is 0 Å². The van der Waals surface area contributed by atoms with Crippen molar-refractivity contribution < 1.29 is 34.4 Å². The summed E-state index contributed by atoms with van der Waals surface area (Å²) in [5.41, 5.74) is 10.7. The molecule has 0 bridgehead atoms. The number of guanidine groups is 1. The highest BCUT2D eigenvalue weighted by Gasteiger charge is 2.44. The lowest BCUT2D eigenvalue weighted by Gasteiger charge is -2.39. The first-order valence-electron chi connectivity index (χ1n) is 7.00. The fourth-order valence-electron chi connectivity index (χ4n) is 2.41. The zero-order chi connectivity index (χ0) is 18.4. The van der Waals surface area contributed by atoms with Crippen molar-refractivity contribution in [2.75, 3.05) is 13.7 Å². The van der Waals surface area contributed by atoms with Gasteiger partial charge in [0.2, 0.25) is 11.7 Å². The van der Waals surface area contributed by atoms with Gasteiger partial charge >= 0.3 is 5.97 Å². The number of aliphatic hydroxyl groups is 2. The summed E-state index contributed by atoms with van der Waals surface area (Å²) in [5.74, 6) is -2.63. The third-order valence-corrected chi connectivity index (χ3v) is 3.35. The van der Waals surface area contributed by atoms with Gasteiger partial charge in [-0.3, -0.25) is 4.79 Å². The largest absolute Gasteiger partial charge is 0.478 e. The Balaban J connectivity index is 3.34. The van der Waals surface area contributed by atoms with Crippen molar-refractivity contribution in [3.63, 3.8) is 0 Å². The molecule has 1 heterocycles. The molecule has 24 heavy (non-hydrogen) atoms. The van der Waals surface area contributed by atoms with Gasteiger partial charge in [0.05, 0.1) is 18.7 Å². The van der Waals surface area contributed by atoms with Gasteiger partial charge in [0.25, 0.3) is 0 Å². The number of carbonyl (C=O) groups is 2. The second-order valence-corrected chi connectivity index (χ2v) is 5.14. The van der Waals surface area contributed by atoms with Crippen LogP contribution in [0.25, 0.3) is 0 Å². The number of carboxylic acid groups (broad SMARTS) is 1. The highest BCUT2D eigenvalue weighted by molar-refractivity contribution is 5.85. The fourth-order valence-corrected chi connectivity index (χ4v) is 2.41. The second kappa shape index (κ2) is 8.47. The minimum atomic E-state index is -1.38. The molecule has 0 unspecified atom stereocenters. The number of methoxy groups -OCH3 is 1. The molecule has 1 aliphatic heterocycles. The van der Waals surface area contributed by atoms with E-state index in [9.17, 15) is 19.8 Å². The van der Waals surface area contributed by atoms with E-state index in [0.717, 1.165) is 6.08 Å². The molecule has 0 radical (unpaired) electrons. The van der Waals surface area contributed by atoms with Gasteiger partial charge in [-0.05, 0) is 6.08 Å². The Morgan fingerprint density at radius 1 is 1.50 bits per heavy atom. The highest BCUT2D eigenvalue weighted by Crippen LogP contribution is 2.26. The van der Waals surface area contributed by atoms with Crippen LogP contribution in [0.3, 0.4) is 0 Å². The van der Waals surface area contributed by atoms with Crippen molar-refractivity contribution in [2.24, 2.45) is 16.5 Å². The molecule has 136 valence electrons. The third-order valence-electron chi connectivity index (χ3n) is 3.35. The molecule has 1 rings (SSSR count). The lowest BCUT2D eigenvalue weighted by molar-refractivity contribution is -0.149. The van der Waals surface area contributed by atoms with E-state index in [2.05, 4.69) is 10.3 Å².